The number of rotatable bonds is 3. The lowest BCUT2D eigenvalue weighted by Gasteiger charge is -2.16. The van der Waals surface area contributed by atoms with E-state index in [9.17, 15) is 9.59 Å². The molecule has 0 spiro atoms. The van der Waals surface area contributed by atoms with Crippen LogP contribution in [0.1, 0.15) is 29.3 Å². The lowest BCUT2D eigenvalue weighted by atomic mass is 10.0. The predicted octanol–water partition coefficient (Wildman–Crippen LogP) is 1.80. The van der Waals surface area contributed by atoms with Crippen LogP contribution in [0, 0.1) is 0 Å². The lowest BCUT2D eigenvalue weighted by Crippen LogP contribution is -2.19. The molecule has 1 aromatic carbocycles. The van der Waals surface area contributed by atoms with E-state index < -0.39 is 0 Å². The first-order valence-corrected chi connectivity index (χ1v) is 5.88. The summed E-state index contributed by atoms with van der Waals surface area (Å²) in [5.74, 6) is 0.715. The van der Waals surface area contributed by atoms with Crippen molar-refractivity contribution in [2.75, 3.05) is 13.2 Å². The van der Waals surface area contributed by atoms with Crippen molar-refractivity contribution >= 4 is 17.8 Å². The summed E-state index contributed by atoms with van der Waals surface area (Å²) in [6.07, 6.45) is 4.15. The Hall–Kier alpha value is -2.10. The lowest BCUT2D eigenvalue weighted by molar-refractivity contribution is -0.118. The van der Waals surface area contributed by atoms with Gasteiger partial charge in [-0.1, -0.05) is 18.2 Å². The van der Waals surface area contributed by atoms with E-state index in [1.54, 1.807) is 0 Å². The largest absolute Gasteiger partial charge is 0.492 e. The maximum atomic E-state index is 11.7. The molecule has 2 rings (SSSR count). The highest BCUT2D eigenvalue weighted by Gasteiger charge is 2.17. The Morgan fingerprint density at radius 2 is 2.33 bits per heavy atom. The molecule has 0 bridgehead atoms. The SMILES string of the molecule is CC(=O)NCC=Cc1ccc2c(c1)C(=O)CCO2. The van der Waals surface area contributed by atoms with Crippen molar-refractivity contribution in [3.05, 3.63) is 35.4 Å². The summed E-state index contributed by atoms with van der Waals surface area (Å²) in [4.78, 5) is 22.4. The molecule has 4 heteroatoms. The second-order valence-electron chi connectivity index (χ2n) is 4.12. The van der Waals surface area contributed by atoms with Gasteiger partial charge in [-0.3, -0.25) is 9.59 Å². The number of carbonyl (C=O) groups excluding carboxylic acids is 2. The average Bonchev–Trinajstić information content (AvgIpc) is 2.35. The molecular formula is C14H15NO3. The van der Waals surface area contributed by atoms with Crippen molar-refractivity contribution < 1.29 is 14.3 Å². The van der Waals surface area contributed by atoms with Crippen LogP contribution in [0.15, 0.2) is 24.3 Å². The van der Waals surface area contributed by atoms with Gasteiger partial charge in [0.2, 0.25) is 5.91 Å². The van der Waals surface area contributed by atoms with Gasteiger partial charge in [-0.05, 0) is 17.7 Å². The minimum Gasteiger partial charge on any atom is -0.492 e. The van der Waals surface area contributed by atoms with Gasteiger partial charge in [0.05, 0.1) is 12.2 Å². The van der Waals surface area contributed by atoms with Crippen LogP contribution in [0.25, 0.3) is 6.08 Å². The summed E-state index contributed by atoms with van der Waals surface area (Å²) < 4.78 is 5.40. The number of hydrogen-bond donors (Lipinski definition) is 1. The molecule has 1 heterocycles. The number of fused-ring (bicyclic) bond motifs is 1. The minimum absolute atomic E-state index is 0.0614. The normalized spacial score (nSPS) is 14.2. The highest BCUT2D eigenvalue weighted by atomic mass is 16.5. The van der Waals surface area contributed by atoms with Gasteiger partial charge >= 0.3 is 0 Å². The summed E-state index contributed by atoms with van der Waals surface area (Å²) >= 11 is 0. The van der Waals surface area contributed by atoms with Crippen molar-refractivity contribution in [1.29, 1.82) is 0 Å². The van der Waals surface area contributed by atoms with Crippen LogP contribution >= 0.6 is 0 Å². The molecule has 94 valence electrons. The van der Waals surface area contributed by atoms with Crippen molar-refractivity contribution in [2.45, 2.75) is 13.3 Å². The van der Waals surface area contributed by atoms with E-state index >= 15 is 0 Å². The number of nitrogens with one attached hydrogen (secondary N) is 1. The zero-order valence-corrected chi connectivity index (χ0v) is 10.2. The molecule has 1 N–H and O–H groups in total. The molecule has 0 unspecified atom stereocenters. The second kappa shape index (κ2) is 5.49. The summed E-state index contributed by atoms with van der Waals surface area (Å²) in [7, 11) is 0. The predicted molar refractivity (Wildman–Crippen MR) is 68.6 cm³/mol. The number of amides is 1. The maximum Gasteiger partial charge on any atom is 0.217 e. The molecule has 0 atom stereocenters. The Morgan fingerprint density at radius 1 is 1.50 bits per heavy atom. The smallest absolute Gasteiger partial charge is 0.217 e. The van der Waals surface area contributed by atoms with Crippen LogP contribution in [-0.2, 0) is 4.79 Å². The number of carbonyl (C=O) groups is 2. The Labute approximate surface area is 106 Å². The fourth-order valence-electron chi connectivity index (χ4n) is 1.78. The number of Topliss-reactive ketones (excluding diaryl/α,β-unsaturated/α-hetero) is 1. The molecule has 1 aliphatic heterocycles. The molecule has 0 saturated heterocycles. The average molecular weight is 245 g/mol. The van der Waals surface area contributed by atoms with Gasteiger partial charge in [-0.15, -0.1) is 0 Å². The monoisotopic (exact) mass is 245 g/mol. The molecular weight excluding hydrogens is 230 g/mol. The molecule has 0 radical (unpaired) electrons. The Morgan fingerprint density at radius 3 is 3.11 bits per heavy atom. The van der Waals surface area contributed by atoms with Crippen molar-refractivity contribution in [2.24, 2.45) is 0 Å². The third-order valence-electron chi connectivity index (χ3n) is 2.67. The highest BCUT2D eigenvalue weighted by molar-refractivity contribution is 6.00. The number of ether oxygens (including phenoxy) is 1. The fraction of sp³-hybridized carbons (Fsp3) is 0.286. The van der Waals surface area contributed by atoms with E-state index in [1.807, 2.05) is 30.4 Å². The summed E-state index contributed by atoms with van der Waals surface area (Å²) in [5, 5.41) is 2.67. The van der Waals surface area contributed by atoms with Crippen LogP contribution < -0.4 is 10.1 Å². The van der Waals surface area contributed by atoms with Crippen LogP contribution in [0.4, 0.5) is 0 Å². The topological polar surface area (TPSA) is 55.4 Å². The molecule has 0 fully saturated rings. The molecule has 0 aromatic heterocycles. The minimum atomic E-state index is -0.0614. The third kappa shape index (κ3) is 2.97. The first-order chi connectivity index (χ1) is 8.66. The fourth-order valence-corrected chi connectivity index (χ4v) is 1.78. The first-order valence-electron chi connectivity index (χ1n) is 5.88. The third-order valence-corrected chi connectivity index (χ3v) is 2.67. The Kier molecular flexibility index (Phi) is 3.77. The highest BCUT2D eigenvalue weighted by Crippen LogP contribution is 2.25. The van der Waals surface area contributed by atoms with Crippen LogP contribution in [0.3, 0.4) is 0 Å². The van der Waals surface area contributed by atoms with Crippen molar-refractivity contribution in [3.8, 4) is 5.75 Å². The Balaban J connectivity index is 2.08. The van der Waals surface area contributed by atoms with Gasteiger partial charge in [0, 0.05) is 19.9 Å². The van der Waals surface area contributed by atoms with E-state index in [0.29, 0.717) is 30.9 Å². The molecule has 18 heavy (non-hydrogen) atoms. The van der Waals surface area contributed by atoms with Gasteiger partial charge in [0.1, 0.15) is 5.75 Å². The van der Waals surface area contributed by atoms with Gasteiger partial charge in [-0.2, -0.15) is 0 Å². The second-order valence-corrected chi connectivity index (χ2v) is 4.12. The molecule has 1 aromatic rings. The van der Waals surface area contributed by atoms with Gasteiger partial charge in [0.15, 0.2) is 5.78 Å². The molecule has 0 aliphatic carbocycles. The Bertz CT molecular complexity index is 506. The van der Waals surface area contributed by atoms with Crippen molar-refractivity contribution in [1.82, 2.24) is 5.32 Å². The van der Waals surface area contributed by atoms with E-state index in [2.05, 4.69) is 5.32 Å². The van der Waals surface area contributed by atoms with E-state index in [0.717, 1.165) is 5.56 Å². The first kappa shape index (κ1) is 12.4. The van der Waals surface area contributed by atoms with Crippen LogP contribution in [0.5, 0.6) is 5.75 Å². The standard InChI is InChI=1S/C14H15NO3/c1-10(16)15-7-2-3-11-4-5-14-12(9-11)13(17)6-8-18-14/h2-5,9H,6-8H2,1H3,(H,15,16). The number of benzene rings is 1. The number of ketones is 1. The molecule has 4 nitrogen and oxygen atoms in total. The van der Waals surface area contributed by atoms with Crippen molar-refractivity contribution in [3.63, 3.8) is 0 Å². The zero-order valence-electron chi connectivity index (χ0n) is 10.2. The summed E-state index contributed by atoms with van der Waals surface area (Å²) in [6.45, 7) is 2.42. The van der Waals surface area contributed by atoms with Gasteiger partial charge < -0.3 is 10.1 Å². The number of hydrogen-bond acceptors (Lipinski definition) is 3. The summed E-state index contributed by atoms with van der Waals surface area (Å²) in [5.41, 5.74) is 1.57. The molecule has 0 saturated carbocycles. The van der Waals surface area contributed by atoms with E-state index in [1.165, 1.54) is 6.92 Å². The summed E-state index contributed by atoms with van der Waals surface area (Å²) in [6, 6.07) is 5.52. The van der Waals surface area contributed by atoms with Crippen LogP contribution in [-0.4, -0.2) is 24.8 Å². The molecule has 1 amide bonds. The van der Waals surface area contributed by atoms with Gasteiger partial charge in [-0.25, -0.2) is 0 Å². The van der Waals surface area contributed by atoms with Gasteiger partial charge in [0.25, 0.3) is 0 Å². The quantitative estimate of drug-likeness (QED) is 0.883. The van der Waals surface area contributed by atoms with E-state index in [-0.39, 0.29) is 11.7 Å². The maximum absolute atomic E-state index is 11.7. The molecule has 1 aliphatic rings. The van der Waals surface area contributed by atoms with Crippen LogP contribution in [0.2, 0.25) is 0 Å². The zero-order chi connectivity index (χ0) is 13.0. The van der Waals surface area contributed by atoms with E-state index in [4.69, 9.17) is 4.74 Å².